The average molecular weight is 380 g/mol. The molecule has 5 nitrogen and oxygen atoms in total. The Balaban J connectivity index is 1.62. The van der Waals surface area contributed by atoms with Crippen molar-refractivity contribution in [1.82, 2.24) is 15.5 Å². The molecule has 0 radical (unpaired) electrons. The maximum absolute atomic E-state index is 13.7. The van der Waals surface area contributed by atoms with Gasteiger partial charge in [0.2, 0.25) is 11.7 Å². The van der Waals surface area contributed by atoms with Gasteiger partial charge in [-0.25, -0.2) is 4.39 Å². The van der Waals surface area contributed by atoms with Gasteiger partial charge in [0.25, 0.3) is 5.91 Å². The van der Waals surface area contributed by atoms with Crippen LogP contribution < -0.4 is 5.32 Å². The number of carbonyl (C=O) groups excluding carboxylic acids is 1. The molecule has 0 unspecified atom stereocenters. The van der Waals surface area contributed by atoms with Crippen LogP contribution in [0.2, 0.25) is 10.0 Å². The molecule has 0 bridgehead atoms. The van der Waals surface area contributed by atoms with Crippen molar-refractivity contribution in [2.24, 2.45) is 0 Å². The van der Waals surface area contributed by atoms with Gasteiger partial charge in [0.05, 0.1) is 15.6 Å². The smallest absolute Gasteiger partial charge is 0.255 e. The zero-order chi connectivity index (χ0) is 17.8. The Morgan fingerprint density at radius 1 is 1.12 bits per heavy atom. The number of carbonyl (C=O) groups is 1. The highest BCUT2D eigenvalue weighted by atomic mass is 35.5. The number of hydrogen-bond donors (Lipinski definition) is 1. The minimum atomic E-state index is -0.677. The van der Waals surface area contributed by atoms with E-state index in [1.54, 1.807) is 18.2 Å². The van der Waals surface area contributed by atoms with Gasteiger partial charge in [-0.1, -0.05) is 46.6 Å². The van der Waals surface area contributed by atoms with Crippen molar-refractivity contribution >= 4 is 29.1 Å². The van der Waals surface area contributed by atoms with Gasteiger partial charge < -0.3 is 9.84 Å². The van der Waals surface area contributed by atoms with Crippen LogP contribution in [0.5, 0.6) is 0 Å². The molecule has 0 aliphatic rings. The van der Waals surface area contributed by atoms with Crippen molar-refractivity contribution < 1.29 is 13.7 Å². The van der Waals surface area contributed by atoms with Crippen LogP contribution in [0.25, 0.3) is 11.4 Å². The van der Waals surface area contributed by atoms with E-state index in [1.807, 2.05) is 6.07 Å². The second-order valence-electron chi connectivity index (χ2n) is 5.09. The van der Waals surface area contributed by atoms with E-state index in [2.05, 4.69) is 15.5 Å². The van der Waals surface area contributed by atoms with Crippen molar-refractivity contribution in [3.05, 3.63) is 69.8 Å². The van der Waals surface area contributed by atoms with Crippen molar-refractivity contribution in [3.8, 4) is 11.4 Å². The monoisotopic (exact) mass is 379 g/mol. The lowest BCUT2D eigenvalue weighted by atomic mass is 10.2. The molecule has 1 amide bonds. The van der Waals surface area contributed by atoms with E-state index in [0.29, 0.717) is 22.3 Å². The molecule has 0 aliphatic heterocycles. The maximum atomic E-state index is 13.7. The topological polar surface area (TPSA) is 68.0 Å². The molecule has 1 heterocycles. The summed E-state index contributed by atoms with van der Waals surface area (Å²) in [5.74, 6) is -0.586. The molecule has 3 rings (SSSR count). The molecule has 0 fully saturated rings. The van der Waals surface area contributed by atoms with E-state index in [9.17, 15) is 9.18 Å². The molecule has 0 aliphatic carbocycles. The summed E-state index contributed by atoms with van der Waals surface area (Å²) in [5, 5.41) is 7.00. The van der Waals surface area contributed by atoms with E-state index in [1.165, 1.54) is 18.2 Å². The molecule has 25 heavy (non-hydrogen) atoms. The molecular formula is C17H12Cl2FN3O2. The highest BCUT2D eigenvalue weighted by molar-refractivity contribution is 6.34. The second kappa shape index (κ2) is 7.63. The quantitative estimate of drug-likeness (QED) is 0.722. The van der Waals surface area contributed by atoms with Gasteiger partial charge >= 0.3 is 0 Å². The van der Waals surface area contributed by atoms with Crippen LogP contribution >= 0.6 is 23.2 Å². The largest absolute Gasteiger partial charge is 0.351 e. The highest BCUT2D eigenvalue weighted by Gasteiger charge is 2.16. The molecule has 0 saturated carbocycles. The van der Waals surface area contributed by atoms with E-state index >= 15 is 0 Å². The molecule has 2 aromatic carbocycles. The van der Waals surface area contributed by atoms with Gasteiger partial charge in [-0.15, -0.1) is 0 Å². The number of amides is 1. The lowest BCUT2D eigenvalue weighted by Gasteiger charge is -2.06. The first kappa shape index (κ1) is 17.4. The van der Waals surface area contributed by atoms with Crippen LogP contribution in [0.4, 0.5) is 4.39 Å². The summed E-state index contributed by atoms with van der Waals surface area (Å²) < 4.78 is 18.8. The van der Waals surface area contributed by atoms with Crippen LogP contribution in [0.1, 0.15) is 16.2 Å². The second-order valence-corrected chi connectivity index (χ2v) is 5.91. The van der Waals surface area contributed by atoms with Gasteiger partial charge in [-0.2, -0.15) is 4.98 Å². The van der Waals surface area contributed by atoms with Crippen molar-refractivity contribution in [2.75, 3.05) is 6.54 Å². The van der Waals surface area contributed by atoms with E-state index in [0.717, 1.165) is 0 Å². The SMILES string of the molecule is O=C(NCCc1nc(-c2ccccc2Cl)no1)c1c(F)cccc1Cl. The molecular weight excluding hydrogens is 368 g/mol. The fourth-order valence-electron chi connectivity index (χ4n) is 2.19. The van der Waals surface area contributed by atoms with Crippen molar-refractivity contribution in [2.45, 2.75) is 6.42 Å². The minimum Gasteiger partial charge on any atom is -0.351 e. The number of benzene rings is 2. The van der Waals surface area contributed by atoms with Crippen LogP contribution in [0, 0.1) is 5.82 Å². The Morgan fingerprint density at radius 2 is 1.88 bits per heavy atom. The average Bonchev–Trinajstić information content (AvgIpc) is 3.04. The Morgan fingerprint density at radius 3 is 2.64 bits per heavy atom. The van der Waals surface area contributed by atoms with E-state index in [-0.39, 0.29) is 23.6 Å². The van der Waals surface area contributed by atoms with Crippen LogP contribution in [0.3, 0.4) is 0 Å². The third-order valence-corrected chi connectivity index (χ3v) is 4.04. The van der Waals surface area contributed by atoms with Crippen LogP contribution in [-0.2, 0) is 6.42 Å². The van der Waals surface area contributed by atoms with E-state index < -0.39 is 11.7 Å². The van der Waals surface area contributed by atoms with Crippen molar-refractivity contribution in [3.63, 3.8) is 0 Å². The Kier molecular flexibility index (Phi) is 5.31. The van der Waals surface area contributed by atoms with Crippen LogP contribution in [-0.4, -0.2) is 22.6 Å². The Labute approximate surface area is 152 Å². The van der Waals surface area contributed by atoms with Gasteiger partial charge in [0.1, 0.15) is 5.82 Å². The fraction of sp³-hybridized carbons (Fsp3) is 0.118. The summed E-state index contributed by atoms with van der Waals surface area (Å²) in [7, 11) is 0. The third-order valence-electron chi connectivity index (χ3n) is 3.40. The Bertz CT molecular complexity index is 894. The molecule has 8 heteroatoms. The van der Waals surface area contributed by atoms with Gasteiger partial charge in [-0.05, 0) is 24.3 Å². The number of nitrogens with zero attached hydrogens (tertiary/aromatic N) is 2. The fourth-order valence-corrected chi connectivity index (χ4v) is 2.66. The number of rotatable bonds is 5. The lowest BCUT2D eigenvalue weighted by molar-refractivity contribution is 0.0949. The van der Waals surface area contributed by atoms with E-state index in [4.69, 9.17) is 27.7 Å². The standard InChI is InChI=1S/C17H12Cl2FN3O2/c18-11-5-2-1-4-10(11)16-22-14(25-23-16)8-9-21-17(24)15-12(19)6-3-7-13(15)20/h1-7H,8-9H2,(H,21,24). The molecule has 0 atom stereocenters. The summed E-state index contributed by atoms with van der Waals surface area (Å²) in [6.45, 7) is 0.188. The summed E-state index contributed by atoms with van der Waals surface area (Å²) in [5.41, 5.74) is 0.466. The first-order chi connectivity index (χ1) is 12.1. The summed E-state index contributed by atoms with van der Waals surface area (Å²) >= 11 is 11.9. The maximum Gasteiger partial charge on any atom is 0.255 e. The lowest BCUT2D eigenvalue weighted by Crippen LogP contribution is -2.27. The number of nitrogens with one attached hydrogen (secondary N) is 1. The Hall–Kier alpha value is -2.44. The minimum absolute atomic E-state index is 0.0521. The molecule has 0 spiro atoms. The highest BCUT2D eigenvalue weighted by Crippen LogP contribution is 2.24. The van der Waals surface area contributed by atoms with Gasteiger partial charge in [-0.3, -0.25) is 4.79 Å². The van der Waals surface area contributed by atoms with Crippen molar-refractivity contribution in [1.29, 1.82) is 0 Å². The summed E-state index contributed by atoms with van der Waals surface area (Å²) in [6.07, 6.45) is 0.287. The predicted molar refractivity (Wildman–Crippen MR) is 92.2 cm³/mol. The summed E-state index contributed by atoms with van der Waals surface area (Å²) in [6, 6.07) is 11.2. The number of halogens is 3. The van der Waals surface area contributed by atoms with Gasteiger partial charge in [0, 0.05) is 18.5 Å². The third kappa shape index (κ3) is 3.97. The number of hydrogen-bond acceptors (Lipinski definition) is 4. The molecule has 128 valence electrons. The molecule has 1 N–H and O–H groups in total. The predicted octanol–water partition coefficient (Wildman–Crippen LogP) is 4.16. The number of aromatic nitrogens is 2. The van der Waals surface area contributed by atoms with Gasteiger partial charge in [0.15, 0.2) is 0 Å². The summed E-state index contributed by atoms with van der Waals surface area (Å²) in [4.78, 5) is 16.3. The molecule has 3 aromatic rings. The zero-order valence-corrected chi connectivity index (χ0v) is 14.3. The normalized spacial score (nSPS) is 10.7. The zero-order valence-electron chi connectivity index (χ0n) is 12.8. The molecule has 0 saturated heterocycles. The van der Waals surface area contributed by atoms with Crippen LogP contribution in [0.15, 0.2) is 47.0 Å². The first-order valence-corrected chi connectivity index (χ1v) is 8.11. The first-order valence-electron chi connectivity index (χ1n) is 7.36. The molecule has 1 aromatic heterocycles.